The van der Waals surface area contributed by atoms with Gasteiger partial charge in [-0.3, -0.25) is 9.36 Å². The Balaban J connectivity index is 4.08. The first-order chi connectivity index (χ1) is 15.5. The molecule has 0 fully saturated rings. The molecule has 0 aliphatic rings. The summed E-state index contributed by atoms with van der Waals surface area (Å²) in [4.78, 5) is 23.5. The van der Waals surface area contributed by atoms with E-state index in [9.17, 15) is 19.4 Å². The van der Waals surface area contributed by atoms with E-state index in [2.05, 4.69) is 12.2 Å². The normalized spacial score (nSPS) is 15.7. The summed E-state index contributed by atoms with van der Waals surface area (Å²) in [5.41, 5.74) is 0. The third-order valence-corrected chi connectivity index (χ3v) is 6.59. The van der Waals surface area contributed by atoms with Crippen LogP contribution in [0.25, 0.3) is 0 Å². The van der Waals surface area contributed by atoms with Crippen molar-refractivity contribution >= 4 is 13.7 Å². The monoisotopic (exact) mass is 494 g/mol. The maximum atomic E-state index is 12.0. The van der Waals surface area contributed by atoms with Gasteiger partial charge in [-0.2, -0.15) is 0 Å². The van der Waals surface area contributed by atoms with Crippen LogP contribution in [0.1, 0.15) is 97.3 Å². The number of rotatable bonds is 22. The van der Waals surface area contributed by atoms with Gasteiger partial charge < -0.3 is 28.8 Å². The van der Waals surface area contributed by atoms with Gasteiger partial charge in [-0.05, 0) is 6.42 Å². The zero-order chi connectivity index (χ0) is 25.2. The summed E-state index contributed by atoms with van der Waals surface area (Å²) in [5, 5.41) is 13.1. The molecule has 33 heavy (non-hydrogen) atoms. The van der Waals surface area contributed by atoms with E-state index in [1.165, 1.54) is 64.7 Å². The first kappa shape index (κ1) is 32.5. The predicted octanol–water partition coefficient (Wildman–Crippen LogP) is 4.15. The highest BCUT2D eigenvalue weighted by Gasteiger charge is 2.23. The summed E-state index contributed by atoms with van der Waals surface area (Å²) < 4.78 is 22.4. The van der Waals surface area contributed by atoms with Crippen LogP contribution in [0.3, 0.4) is 0 Å². The van der Waals surface area contributed by atoms with Gasteiger partial charge in [0.2, 0.25) is 5.91 Å². The van der Waals surface area contributed by atoms with Gasteiger partial charge in [-0.15, -0.1) is 0 Å². The summed E-state index contributed by atoms with van der Waals surface area (Å²) >= 11 is 0. The molecule has 2 N–H and O–H groups in total. The lowest BCUT2D eigenvalue weighted by molar-refractivity contribution is -0.870. The number of likely N-dealkylation sites (N-methyl/N-ethyl adjacent to an activating group) is 1. The quantitative estimate of drug-likeness (QED) is 0.133. The van der Waals surface area contributed by atoms with Gasteiger partial charge in [-0.1, -0.05) is 84.0 Å². The molecule has 0 aromatic heterocycles. The van der Waals surface area contributed by atoms with Gasteiger partial charge in [0.1, 0.15) is 13.2 Å². The van der Waals surface area contributed by atoms with E-state index in [0.717, 1.165) is 19.3 Å². The van der Waals surface area contributed by atoms with Crippen LogP contribution in [0.15, 0.2) is 0 Å². The Morgan fingerprint density at radius 1 is 0.939 bits per heavy atom. The third-order valence-electron chi connectivity index (χ3n) is 5.63. The van der Waals surface area contributed by atoms with Gasteiger partial charge in [0.05, 0.1) is 39.9 Å². The van der Waals surface area contributed by atoms with Crippen molar-refractivity contribution in [3.63, 3.8) is 0 Å². The fourth-order valence-corrected chi connectivity index (χ4v) is 4.26. The van der Waals surface area contributed by atoms with Crippen molar-refractivity contribution in [2.24, 2.45) is 0 Å². The number of carbonyl (C=O) groups is 1. The minimum absolute atomic E-state index is 0.0104. The van der Waals surface area contributed by atoms with E-state index in [-0.39, 0.29) is 19.1 Å². The Labute approximate surface area is 202 Å². The second-order valence-electron chi connectivity index (χ2n) is 10.1. The number of quaternary nitrogens is 1. The Kier molecular flexibility index (Phi) is 18.5. The zero-order valence-corrected chi connectivity index (χ0v) is 22.7. The molecule has 8 nitrogen and oxygen atoms in total. The number of nitrogens with zero attached hydrogens (tertiary/aromatic N) is 1. The van der Waals surface area contributed by atoms with E-state index < -0.39 is 20.0 Å². The number of aliphatic hydroxyl groups excluding tert-OH is 1. The van der Waals surface area contributed by atoms with Crippen LogP contribution in [0.4, 0.5) is 0 Å². The van der Waals surface area contributed by atoms with Crippen LogP contribution < -0.4 is 10.2 Å². The smallest absolute Gasteiger partial charge is 0.268 e. The van der Waals surface area contributed by atoms with Gasteiger partial charge >= 0.3 is 0 Å². The molecular weight excluding hydrogens is 443 g/mol. The number of nitrogens with one attached hydrogen (secondary N) is 1. The van der Waals surface area contributed by atoms with E-state index in [4.69, 9.17) is 9.05 Å². The van der Waals surface area contributed by atoms with E-state index in [1.54, 1.807) is 0 Å². The predicted molar refractivity (Wildman–Crippen MR) is 132 cm³/mol. The van der Waals surface area contributed by atoms with Crippen molar-refractivity contribution in [2.45, 2.75) is 109 Å². The highest BCUT2D eigenvalue weighted by Crippen LogP contribution is 2.38. The molecule has 0 aromatic carbocycles. The van der Waals surface area contributed by atoms with Crippen LogP contribution in [-0.4, -0.2) is 68.5 Å². The third kappa shape index (κ3) is 21.8. The molecule has 0 heterocycles. The topological polar surface area (TPSA) is 108 Å². The second-order valence-corrected chi connectivity index (χ2v) is 11.6. The molecular formula is C24H51N2O6P. The number of phosphoric acid groups is 1. The fraction of sp³-hybridized carbons (Fsp3) is 0.958. The molecule has 1 amide bonds. The average Bonchev–Trinajstić information content (AvgIpc) is 2.70. The Morgan fingerprint density at radius 3 is 1.88 bits per heavy atom. The average molecular weight is 495 g/mol. The van der Waals surface area contributed by atoms with Gasteiger partial charge in [0, 0.05) is 6.92 Å². The first-order valence-corrected chi connectivity index (χ1v) is 14.3. The van der Waals surface area contributed by atoms with Gasteiger partial charge in [0.15, 0.2) is 0 Å². The summed E-state index contributed by atoms with van der Waals surface area (Å²) in [6, 6.07) is -0.792. The van der Waals surface area contributed by atoms with Crippen LogP contribution >= 0.6 is 7.82 Å². The minimum Gasteiger partial charge on any atom is -0.756 e. The van der Waals surface area contributed by atoms with Crippen molar-refractivity contribution < 1.29 is 32.9 Å². The van der Waals surface area contributed by atoms with E-state index >= 15 is 0 Å². The summed E-state index contributed by atoms with van der Waals surface area (Å²) in [6.07, 6.45) is 14.3. The van der Waals surface area contributed by atoms with Gasteiger partial charge in [-0.25, -0.2) is 0 Å². The maximum Gasteiger partial charge on any atom is 0.268 e. The molecule has 198 valence electrons. The highest BCUT2D eigenvalue weighted by atomic mass is 31.2. The van der Waals surface area contributed by atoms with Crippen LogP contribution in [0.2, 0.25) is 0 Å². The Morgan fingerprint density at radius 2 is 1.42 bits per heavy atom. The first-order valence-electron chi connectivity index (χ1n) is 12.8. The summed E-state index contributed by atoms with van der Waals surface area (Å²) in [5.74, 6) is -0.343. The van der Waals surface area contributed by atoms with Crippen molar-refractivity contribution in [2.75, 3.05) is 40.9 Å². The lowest BCUT2D eigenvalue weighted by Crippen LogP contribution is -2.45. The molecule has 9 heteroatoms. The lowest BCUT2D eigenvalue weighted by atomic mass is 10.0. The van der Waals surface area contributed by atoms with E-state index in [0.29, 0.717) is 17.4 Å². The molecule has 0 saturated heterocycles. The summed E-state index contributed by atoms with van der Waals surface area (Å²) in [7, 11) is 1.29. The van der Waals surface area contributed by atoms with Crippen molar-refractivity contribution in [3.8, 4) is 0 Å². The minimum atomic E-state index is -4.50. The van der Waals surface area contributed by atoms with Crippen LogP contribution in [-0.2, 0) is 18.4 Å². The molecule has 0 bridgehead atoms. The Hall–Kier alpha value is -0.500. The molecule has 0 aliphatic carbocycles. The molecule has 0 spiro atoms. The number of unbranched alkanes of at least 4 members (excludes halogenated alkanes) is 11. The SMILES string of the molecule is CCCCCCCCCCCCCCC(O)C(COP(=O)([O-])OCC[N+](C)(C)C)NC(C)=O. The highest BCUT2D eigenvalue weighted by molar-refractivity contribution is 7.45. The number of phosphoric ester groups is 1. The van der Waals surface area contributed by atoms with Crippen molar-refractivity contribution in [1.82, 2.24) is 5.32 Å². The number of hydrogen-bond donors (Lipinski definition) is 2. The standard InChI is InChI=1S/C24H51N2O6P/c1-6-7-8-9-10-11-12-13-14-15-16-17-18-24(28)23(25-22(2)27)21-32-33(29,30)31-20-19-26(3,4)5/h23-24,28H,6-21H2,1-5H3,(H-,25,27,29,30). The molecule has 0 radical (unpaired) electrons. The molecule has 0 aliphatic heterocycles. The zero-order valence-electron chi connectivity index (χ0n) is 21.9. The van der Waals surface area contributed by atoms with Gasteiger partial charge in [0.25, 0.3) is 7.82 Å². The van der Waals surface area contributed by atoms with Crippen LogP contribution in [0.5, 0.6) is 0 Å². The molecule has 0 saturated carbocycles. The summed E-state index contributed by atoms with van der Waals surface area (Å²) in [6.45, 7) is 3.74. The van der Waals surface area contributed by atoms with Crippen molar-refractivity contribution in [3.05, 3.63) is 0 Å². The number of amides is 1. The molecule has 3 atom stereocenters. The number of hydrogen-bond acceptors (Lipinski definition) is 6. The fourth-order valence-electron chi connectivity index (χ4n) is 3.54. The molecule has 0 aromatic rings. The number of aliphatic hydroxyl groups is 1. The number of carbonyl (C=O) groups excluding carboxylic acids is 1. The van der Waals surface area contributed by atoms with Crippen molar-refractivity contribution in [1.29, 1.82) is 0 Å². The maximum absolute atomic E-state index is 12.0. The Bertz CT molecular complexity index is 542. The second kappa shape index (κ2) is 18.8. The molecule has 0 rings (SSSR count). The molecule has 3 unspecified atom stereocenters. The van der Waals surface area contributed by atoms with E-state index in [1.807, 2.05) is 21.1 Å². The largest absolute Gasteiger partial charge is 0.756 e. The van der Waals surface area contributed by atoms with Crippen LogP contribution in [0, 0.1) is 0 Å². The lowest BCUT2D eigenvalue weighted by Gasteiger charge is -2.29.